The Morgan fingerprint density at radius 1 is 1.40 bits per heavy atom. The van der Waals surface area contributed by atoms with E-state index in [2.05, 4.69) is 20.8 Å². The highest BCUT2D eigenvalue weighted by atomic mass is 16.1. The summed E-state index contributed by atoms with van der Waals surface area (Å²) < 4.78 is 0. The molecule has 0 unspecified atom stereocenters. The number of rotatable bonds is 4. The molecule has 10 heavy (non-hydrogen) atoms. The van der Waals surface area contributed by atoms with Crippen molar-refractivity contribution in [3.05, 3.63) is 0 Å². The van der Waals surface area contributed by atoms with E-state index in [4.69, 9.17) is 0 Å². The van der Waals surface area contributed by atoms with Crippen LogP contribution in [0, 0.1) is 11.8 Å². The van der Waals surface area contributed by atoms with Gasteiger partial charge in [0.05, 0.1) is 0 Å². The van der Waals surface area contributed by atoms with E-state index in [0.29, 0.717) is 17.6 Å². The van der Waals surface area contributed by atoms with Crippen LogP contribution in [0.2, 0.25) is 0 Å². The third-order valence-electron chi connectivity index (χ3n) is 1.93. The molecular weight excluding hydrogens is 124 g/mol. The second-order valence-electron chi connectivity index (χ2n) is 3.25. The summed E-state index contributed by atoms with van der Waals surface area (Å²) in [6.07, 6.45) is 2.16. The lowest BCUT2D eigenvalue weighted by Crippen LogP contribution is -2.16. The summed E-state index contributed by atoms with van der Waals surface area (Å²) in [6, 6.07) is 0. The quantitative estimate of drug-likeness (QED) is 0.589. The van der Waals surface area contributed by atoms with Crippen LogP contribution in [0.3, 0.4) is 0 Å². The largest absolute Gasteiger partial charge is 0.300 e. The Hall–Kier alpha value is -0.330. The number of Topliss-reactive ketones (excluding diaryl/α,β-unsaturated/α-hetero) is 1. The number of ketones is 1. The molecule has 0 rings (SSSR count). The lowest BCUT2D eigenvalue weighted by Gasteiger charge is -2.15. The van der Waals surface area contributed by atoms with Gasteiger partial charge in [-0.25, -0.2) is 0 Å². The normalized spacial score (nSPS) is 13.7. The van der Waals surface area contributed by atoms with Gasteiger partial charge in [-0.05, 0) is 19.3 Å². The lowest BCUT2D eigenvalue weighted by molar-refractivity contribution is -0.122. The predicted octanol–water partition coefficient (Wildman–Crippen LogP) is 2.65. The van der Waals surface area contributed by atoms with E-state index in [-0.39, 0.29) is 0 Å². The standard InChI is InChI=1S/C9H18O/c1-5-6-9(7(2)3)8(4)10/h7,9H,5-6H2,1-4H3/t9-/m1/s1. The zero-order chi connectivity index (χ0) is 8.15. The first kappa shape index (κ1) is 9.67. The van der Waals surface area contributed by atoms with Crippen LogP contribution in [0.1, 0.15) is 40.5 Å². The summed E-state index contributed by atoms with van der Waals surface area (Å²) in [5, 5.41) is 0. The van der Waals surface area contributed by atoms with Crippen molar-refractivity contribution in [2.45, 2.75) is 40.5 Å². The second-order valence-corrected chi connectivity index (χ2v) is 3.25. The fourth-order valence-corrected chi connectivity index (χ4v) is 1.32. The van der Waals surface area contributed by atoms with E-state index >= 15 is 0 Å². The van der Waals surface area contributed by atoms with E-state index in [1.54, 1.807) is 6.92 Å². The van der Waals surface area contributed by atoms with E-state index in [1.165, 1.54) is 0 Å². The number of hydrogen-bond acceptors (Lipinski definition) is 1. The zero-order valence-corrected chi connectivity index (χ0v) is 7.48. The molecule has 1 nitrogen and oxygen atoms in total. The maximum atomic E-state index is 11.0. The average Bonchev–Trinajstić information content (AvgIpc) is 1.81. The van der Waals surface area contributed by atoms with Crippen molar-refractivity contribution in [2.24, 2.45) is 11.8 Å². The summed E-state index contributed by atoms with van der Waals surface area (Å²) in [7, 11) is 0. The van der Waals surface area contributed by atoms with Gasteiger partial charge in [-0.15, -0.1) is 0 Å². The smallest absolute Gasteiger partial charge is 0.133 e. The van der Waals surface area contributed by atoms with Crippen LogP contribution in [-0.2, 0) is 4.79 Å². The molecule has 0 aliphatic carbocycles. The summed E-state index contributed by atoms with van der Waals surface area (Å²) >= 11 is 0. The van der Waals surface area contributed by atoms with Crippen molar-refractivity contribution in [1.82, 2.24) is 0 Å². The zero-order valence-electron chi connectivity index (χ0n) is 7.48. The Kier molecular flexibility index (Phi) is 4.33. The molecular formula is C9H18O. The van der Waals surface area contributed by atoms with Gasteiger partial charge in [0.25, 0.3) is 0 Å². The van der Waals surface area contributed by atoms with E-state index in [9.17, 15) is 4.79 Å². The molecule has 1 heteroatoms. The van der Waals surface area contributed by atoms with Gasteiger partial charge in [0.2, 0.25) is 0 Å². The second kappa shape index (κ2) is 4.48. The van der Waals surface area contributed by atoms with Crippen molar-refractivity contribution in [3.8, 4) is 0 Å². The summed E-state index contributed by atoms with van der Waals surface area (Å²) in [6.45, 7) is 8.04. The van der Waals surface area contributed by atoms with Crippen molar-refractivity contribution in [3.63, 3.8) is 0 Å². The van der Waals surface area contributed by atoms with Gasteiger partial charge in [-0.3, -0.25) is 4.79 Å². The highest BCUT2D eigenvalue weighted by molar-refractivity contribution is 5.78. The minimum Gasteiger partial charge on any atom is -0.300 e. The van der Waals surface area contributed by atoms with Gasteiger partial charge >= 0.3 is 0 Å². The fraction of sp³-hybridized carbons (Fsp3) is 0.889. The number of hydrogen-bond donors (Lipinski definition) is 0. The third-order valence-corrected chi connectivity index (χ3v) is 1.93. The van der Waals surface area contributed by atoms with E-state index in [1.807, 2.05) is 0 Å². The lowest BCUT2D eigenvalue weighted by atomic mass is 9.88. The van der Waals surface area contributed by atoms with Crippen molar-refractivity contribution < 1.29 is 4.79 Å². The van der Waals surface area contributed by atoms with Gasteiger partial charge in [-0.1, -0.05) is 27.2 Å². The van der Waals surface area contributed by atoms with E-state index < -0.39 is 0 Å². The Labute approximate surface area is 63.8 Å². The summed E-state index contributed by atoms with van der Waals surface area (Å²) in [5.41, 5.74) is 0. The molecule has 1 atom stereocenters. The molecule has 0 aromatic carbocycles. The summed E-state index contributed by atoms with van der Waals surface area (Å²) in [5.74, 6) is 1.15. The third kappa shape index (κ3) is 3.00. The molecule has 0 aliphatic rings. The van der Waals surface area contributed by atoms with Crippen molar-refractivity contribution in [2.75, 3.05) is 0 Å². The molecule has 0 bridgehead atoms. The maximum Gasteiger partial charge on any atom is 0.133 e. The fourth-order valence-electron chi connectivity index (χ4n) is 1.32. The van der Waals surface area contributed by atoms with Crippen LogP contribution >= 0.6 is 0 Å². The maximum absolute atomic E-state index is 11.0. The Morgan fingerprint density at radius 3 is 2.00 bits per heavy atom. The Bertz CT molecular complexity index is 105. The molecule has 0 amide bonds. The molecule has 0 aromatic heterocycles. The average molecular weight is 142 g/mol. The van der Waals surface area contributed by atoms with Gasteiger partial charge in [0, 0.05) is 5.92 Å². The van der Waals surface area contributed by atoms with Crippen molar-refractivity contribution >= 4 is 5.78 Å². The van der Waals surface area contributed by atoms with Gasteiger partial charge in [0.15, 0.2) is 0 Å². The molecule has 0 fully saturated rings. The first-order chi connectivity index (χ1) is 4.59. The Morgan fingerprint density at radius 2 is 1.90 bits per heavy atom. The molecule has 0 spiro atoms. The van der Waals surface area contributed by atoms with Crippen LogP contribution in [-0.4, -0.2) is 5.78 Å². The highest BCUT2D eigenvalue weighted by Crippen LogP contribution is 2.17. The molecule has 0 aromatic rings. The van der Waals surface area contributed by atoms with Crippen LogP contribution in [0.4, 0.5) is 0 Å². The predicted molar refractivity (Wildman–Crippen MR) is 43.9 cm³/mol. The molecule has 0 heterocycles. The minimum atomic E-state index is 0.296. The van der Waals surface area contributed by atoms with Crippen LogP contribution < -0.4 is 0 Å². The van der Waals surface area contributed by atoms with Gasteiger partial charge in [-0.2, -0.15) is 0 Å². The highest BCUT2D eigenvalue weighted by Gasteiger charge is 2.16. The molecule has 60 valence electrons. The SMILES string of the molecule is CCC[C@@H](C(C)=O)C(C)C. The molecule has 0 saturated carbocycles. The molecule has 0 radical (unpaired) electrons. The van der Waals surface area contributed by atoms with Crippen LogP contribution in [0.25, 0.3) is 0 Å². The van der Waals surface area contributed by atoms with E-state index in [0.717, 1.165) is 12.8 Å². The monoisotopic (exact) mass is 142 g/mol. The number of carbonyl (C=O) groups excluding carboxylic acids is 1. The first-order valence-electron chi connectivity index (χ1n) is 4.10. The summed E-state index contributed by atoms with van der Waals surface area (Å²) in [4.78, 5) is 11.0. The van der Waals surface area contributed by atoms with Gasteiger partial charge < -0.3 is 0 Å². The topological polar surface area (TPSA) is 17.1 Å². The number of carbonyl (C=O) groups is 1. The Balaban J connectivity index is 3.85. The molecule has 0 N–H and O–H groups in total. The van der Waals surface area contributed by atoms with Crippen molar-refractivity contribution in [1.29, 1.82) is 0 Å². The van der Waals surface area contributed by atoms with Gasteiger partial charge in [0.1, 0.15) is 5.78 Å². The molecule has 0 saturated heterocycles. The van der Waals surface area contributed by atoms with Crippen LogP contribution in [0.5, 0.6) is 0 Å². The molecule has 0 aliphatic heterocycles. The first-order valence-corrected chi connectivity index (χ1v) is 4.10. The minimum absolute atomic E-state index is 0.296. The van der Waals surface area contributed by atoms with Crippen LogP contribution in [0.15, 0.2) is 0 Å².